The number of aromatic nitrogens is 1. The lowest BCUT2D eigenvalue weighted by molar-refractivity contribution is -0.131. The van der Waals surface area contributed by atoms with Crippen molar-refractivity contribution >= 4 is 40.3 Å². The summed E-state index contributed by atoms with van der Waals surface area (Å²) in [5.41, 5.74) is 10.1. The van der Waals surface area contributed by atoms with Crippen molar-refractivity contribution in [3.63, 3.8) is 0 Å². The monoisotopic (exact) mass is 475 g/mol. The first-order chi connectivity index (χ1) is 16.4. The Kier molecular flexibility index (Phi) is 5.63. The molecule has 172 valence electrons. The zero-order valence-electron chi connectivity index (χ0n) is 18.4. The van der Waals surface area contributed by atoms with E-state index in [-0.39, 0.29) is 0 Å². The van der Waals surface area contributed by atoms with Gasteiger partial charge in [-0.15, -0.1) is 0 Å². The summed E-state index contributed by atoms with van der Waals surface area (Å²) < 4.78 is 10.8. The van der Waals surface area contributed by atoms with Crippen LogP contribution in [0.1, 0.15) is 29.8 Å². The van der Waals surface area contributed by atoms with E-state index < -0.39 is 18.1 Å². The number of ether oxygens (including phenoxy) is 2. The van der Waals surface area contributed by atoms with Crippen molar-refractivity contribution in [2.75, 3.05) is 12.3 Å². The van der Waals surface area contributed by atoms with Gasteiger partial charge < -0.3 is 20.2 Å². The highest BCUT2D eigenvalue weighted by molar-refractivity contribution is 6.31. The van der Waals surface area contributed by atoms with Gasteiger partial charge in [-0.1, -0.05) is 23.7 Å². The van der Waals surface area contributed by atoms with Crippen LogP contribution in [-0.2, 0) is 11.2 Å². The van der Waals surface area contributed by atoms with Gasteiger partial charge in [-0.05, 0) is 72.1 Å². The van der Waals surface area contributed by atoms with Gasteiger partial charge in [0.2, 0.25) is 0 Å². The van der Waals surface area contributed by atoms with Crippen molar-refractivity contribution in [3.8, 4) is 11.5 Å². The third-order valence-corrected chi connectivity index (χ3v) is 6.10. The standard InChI is InChI=1S/C26H22ClN3O4/c1-15(31)33-19-7-2-16(3-8-19)25-24-21(22-14-17(27)4-11-23(22)29-24)12-13-30(25)26(32)34-20-9-5-18(28)6-10-20/h2-11,14,25,29H,12-13,28H2,1H3. The maximum absolute atomic E-state index is 13.3. The van der Waals surface area contributed by atoms with E-state index in [2.05, 4.69) is 4.98 Å². The normalized spacial score (nSPS) is 15.1. The average Bonchev–Trinajstić information content (AvgIpc) is 3.18. The largest absolute Gasteiger partial charge is 0.427 e. The smallest absolute Gasteiger partial charge is 0.416 e. The minimum absolute atomic E-state index is 0.395. The fourth-order valence-electron chi connectivity index (χ4n) is 4.38. The molecule has 1 amide bonds. The molecule has 0 saturated carbocycles. The van der Waals surface area contributed by atoms with Gasteiger partial charge in [-0.25, -0.2) is 4.79 Å². The van der Waals surface area contributed by atoms with Crippen molar-refractivity contribution < 1.29 is 19.1 Å². The van der Waals surface area contributed by atoms with Gasteiger partial charge in [-0.2, -0.15) is 0 Å². The Morgan fingerprint density at radius 1 is 1.00 bits per heavy atom. The van der Waals surface area contributed by atoms with E-state index in [0.717, 1.165) is 27.7 Å². The lowest BCUT2D eigenvalue weighted by Crippen LogP contribution is -2.42. The van der Waals surface area contributed by atoms with Gasteiger partial charge in [-0.3, -0.25) is 9.69 Å². The molecule has 0 radical (unpaired) electrons. The Labute approximate surface area is 201 Å². The number of nitrogens with zero attached hydrogens (tertiary/aromatic N) is 1. The van der Waals surface area contributed by atoms with Crippen molar-refractivity contribution in [1.82, 2.24) is 9.88 Å². The molecular weight excluding hydrogens is 454 g/mol. The molecule has 34 heavy (non-hydrogen) atoms. The molecule has 4 aromatic rings. The van der Waals surface area contributed by atoms with E-state index in [1.54, 1.807) is 41.3 Å². The number of anilines is 1. The van der Waals surface area contributed by atoms with Crippen LogP contribution in [0.5, 0.6) is 11.5 Å². The fourth-order valence-corrected chi connectivity index (χ4v) is 4.56. The van der Waals surface area contributed by atoms with E-state index in [4.69, 9.17) is 26.8 Å². The molecular formula is C26H22ClN3O4. The molecule has 0 saturated heterocycles. The molecule has 2 heterocycles. The number of halogens is 1. The van der Waals surface area contributed by atoms with Crippen LogP contribution >= 0.6 is 11.6 Å². The van der Waals surface area contributed by atoms with Gasteiger partial charge in [0, 0.05) is 40.8 Å². The number of aromatic amines is 1. The van der Waals surface area contributed by atoms with E-state index in [9.17, 15) is 9.59 Å². The highest BCUT2D eigenvalue weighted by Crippen LogP contribution is 2.40. The summed E-state index contributed by atoms with van der Waals surface area (Å²) in [5.74, 6) is 0.456. The highest BCUT2D eigenvalue weighted by Gasteiger charge is 2.35. The summed E-state index contributed by atoms with van der Waals surface area (Å²) in [6, 6.07) is 19.1. The number of benzene rings is 3. The minimum atomic E-state index is -0.471. The third kappa shape index (κ3) is 4.18. The maximum Gasteiger partial charge on any atom is 0.416 e. The van der Waals surface area contributed by atoms with Crippen LogP contribution < -0.4 is 15.2 Å². The van der Waals surface area contributed by atoms with Crippen molar-refractivity contribution in [1.29, 1.82) is 0 Å². The molecule has 0 bridgehead atoms. The molecule has 0 spiro atoms. The van der Waals surface area contributed by atoms with Crippen LogP contribution in [0.25, 0.3) is 10.9 Å². The number of nitrogens with two attached hydrogens (primary N) is 1. The Balaban J connectivity index is 1.55. The first kappa shape index (κ1) is 21.9. The molecule has 0 fully saturated rings. The number of amides is 1. The molecule has 0 aliphatic carbocycles. The maximum atomic E-state index is 13.3. The molecule has 8 heteroatoms. The van der Waals surface area contributed by atoms with Crippen LogP contribution in [0, 0.1) is 0 Å². The van der Waals surface area contributed by atoms with E-state index in [1.165, 1.54) is 6.92 Å². The number of H-pyrrole nitrogens is 1. The number of carbonyl (C=O) groups is 2. The summed E-state index contributed by atoms with van der Waals surface area (Å²) in [6.07, 6.45) is 0.176. The lowest BCUT2D eigenvalue weighted by atomic mass is 9.92. The van der Waals surface area contributed by atoms with Gasteiger partial charge >= 0.3 is 12.1 Å². The van der Waals surface area contributed by atoms with Gasteiger partial charge in [0.15, 0.2) is 0 Å². The predicted molar refractivity (Wildman–Crippen MR) is 130 cm³/mol. The van der Waals surface area contributed by atoms with Gasteiger partial charge in [0.05, 0.1) is 0 Å². The molecule has 5 rings (SSSR count). The van der Waals surface area contributed by atoms with E-state index in [1.807, 2.05) is 30.3 Å². The first-order valence-electron chi connectivity index (χ1n) is 10.8. The quantitative estimate of drug-likeness (QED) is 0.232. The second-order valence-corrected chi connectivity index (χ2v) is 8.59. The van der Waals surface area contributed by atoms with Crippen LogP contribution in [0.3, 0.4) is 0 Å². The Hall–Kier alpha value is -3.97. The summed E-state index contributed by atoms with van der Waals surface area (Å²) in [4.78, 5) is 29.8. The molecule has 1 atom stereocenters. The van der Waals surface area contributed by atoms with Crippen LogP contribution in [0.2, 0.25) is 5.02 Å². The van der Waals surface area contributed by atoms with E-state index >= 15 is 0 Å². The van der Waals surface area contributed by atoms with Crippen molar-refractivity contribution in [2.45, 2.75) is 19.4 Å². The van der Waals surface area contributed by atoms with Crippen molar-refractivity contribution in [3.05, 3.63) is 88.6 Å². The second kappa shape index (κ2) is 8.76. The van der Waals surface area contributed by atoms with Crippen LogP contribution in [0.15, 0.2) is 66.7 Å². The number of esters is 1. The Bertz CT molecular complexity index is 1380. The Morgan fingerprint density at radius 3 is 2.38 bits per heavy atom. The van der Waals surface area contributed by atoms with Gasteiger partial charge in [0.1, 0.15) is 17.5 Å². The highest BCUT2D eigenvalue weighted by atomic mass is 35.5. The number of hydrogen-bond donors (Lipinski definition) is 2. The third-order valence-electron chi connectivity index (χ3n) is 5.87. The summed E-state index contributed by atoms with van der Waals surface area (Å²) >= 11 is 6.26. The second-order valence-electron chi connectivity index (χ2n) is 8.15. The topological polar surface area (TPSA) is 97.7 Å². The number of fused-ring (bicyclic) bond motifs is 3. The van der Waals surface area contributed by atoms with Crippen molar-refractivity contribution in [2.24, 2.45) is 0 Å². The first-order valence-corrected chi connectivity index (χ1v) is 11.2. The lowest BCUT2D eigenvalue weighted by Gasteiger charge is -2.35. The summed E-state index contributed by atoms with van der Waals surface area (Å²) in [7, 11) is 0. The molecule has 7 nitrogen and oxygen atoms in total. The minimum Gasteiger partial charge on any atom is -0.427 e. The number of carbonyl (C=O) groups excluding carboxylic acids is 2. The predicted octanol–water partition coefficient (Wildman–Crippen LogP) is 5.48. The molecule has 1 aliphatic rings. The zero-order chi connectivity index (χ0) is 23.8. The van der Waals surface area contributed by atoms with E-state index in [0.29, 0.717) is 35.2 Å². The molecule has 3 N–H and O–H groups in total. The molecule has 1 aromatic heterocycles. The fraction of sp³-hybridized carbons (Fsp3) is 0.154. The Morgan fingerprint density at radius 2 is 1.68 bits per heavy atom. The molecule has 3 aromatic carbocycles. The van der Waals surface area contributed by atoms with Crippen LogP contribution in [-0.4, -0.2) is 28.5 Å². The number of nitrogens with one attached hydrogen (secondary N) is 1. The average molecular weight is 476 g/mol. The van der Waals surface area contributed by atoms with Crippen LogP contribution in [0.4, 0.5) is 10.5 Å². The molecule has 1 aliphatic heterocycles. The van der Waals surface area contributed by atoms with Gasteiger partial charge in [0.25, 0.3) is 0 Å². The zero-order valence-corrected chi connectivity index (χ0v) is 19.1. The number of nitrogen functional groups attached to an aromatic ring is 1. The summed E-state index contributed by atoms with van der Waals surface area (Å²) in [5, 5.41) is 1.69. The SMILES string of the molecule is CC(=O)Oc1ccc(C2c3[nH]c4ccc(Cl)cc4c3CCN2C(=O)Oc2ccc(N)cc2)cc1. The number of rotatable bonds is 3. The molecule has 1 unspecified atom stereocenters. The number of hydrogen-bond acceptors (Lipinski definition) is 5. The summed E-state index contributed by atoms with van der Waals surface area (Å²) in [6.45, 7) is 1.81.